The number of hydrogen-bond donors (Lipinski definition) is 1. The van der Waals surface area contributed by atoms with Crippen molar-refractivity contribution in [2.45, 2.75) is 33.4 Å². The Morgan fingerprint density at radius 2 is 2.05 bits per heavy atom. The molecule has 1 atom stereocenters. The van der Waals surface area contributed by atoms with Crippen LogP contribution in [0.5, 0.6) is 5.75 Å². The van der Waals surface area contributed by atoms with Gasteiger partial charge in [0.25, 0.3) is 5.91 Å². The third-order valence-corrected chi connectivity index (χ3v) is 3.47. The van der Waals surface area contributed by atoms with E-state index in [9.17, 15) is 4.79 Å². The molecule has 0 saturated heterocycles. The van der Waals surface area contributed by atoms with E-state index >= 15 is 0 Å². The van der Waals surface area contributed by atoms with Crippen LogP contribution in [0, 0.1) is 6.92 Å². The summed E-state index contributed by atoms with van der Waals surface area (Å²) in [6.07, 6.45) is 1.98. The SMILES string of the molecule is CCn1cc(C(C)NC(=O)c2ccc(OC)cc2)c(C)n1. The van der Waals surface area contributed by atoms with Crippen LogP contribution in [0.25, 0.3) is 0 Å². The summed E-state index contributed by atoms with van der Waals surface area (Å²) in [6, 6.07) is 6.98. The number of carbonyl (C=O) groups is 1. The second-order valence-electron chi connectivity index (χ2n) is 4.95. The number of nitrogens with one attached hydrogen (secondary N) is 1. The molecule has 112 valence electrons. The van der Waals surface area contributed by atoms with Gasteiger partial charge in [0.2, 0.25) is 0 Å². The van der Waals surface area contributed by atoms with Gasteiger partial charge >= 0.3 is 0 Å². The summed E-state index contributed by atoms with van der Waals surface area (Å²) in [5.41, 5.74) is 2.60. The van der Waals surface area contributed by atoms with Gasteiger partial charge in [0.1, 0.15) is 5.75 Å². The van der Waals surface area contributed by atoms with Crippen LogP contribution in [0.2, 0.25) is 0 Å². The van der Waals surface area contributed by atoms with E-state index in [0.29, 0.717) is 5.56 Å². The molecule has 0 bridgehead atoms. The topological polar surface area (TPSA) is 56.2 Å². The summed E-state index contributed by atoms with van der Waals surface area (Å²) >= 11 is 0. The summed E-state index contributed by atoms with van der Waals surface area (Å²) in [7, 11) is 1.60. The van der Waals surface area contributed by atoms with Crippen molar-refractivity contribution >= 4 is 5.91 Å². The van der Waals surface area contributed by atoms with Crippen molar-refractivity contribution in [3.63, 3.8) is 0 Å². The number of hydrogen-bond acceptors (Lipinski definition) is 3. The van der Waals surface area contributed by atoms with Crippen LogP contribution in [0.1, 0.15) is 41.5 Å². The minimum atomic E-state index is -0.103. The van der Waals surface area contributed by atoms with E-state index in [1.807, 2.05) is 31.6 Å². The zero-order valence-electron chi connectivity index (χ0n) is 12.9. The lowest BCUT2D eigenvalue weighted by Crippen LogP contribution is -2.26. The van der Waals surface area contributed by atoms with Gasteiger partial charge in [0, 0.05) is 23.9 Å². The quantitative estimate of drug-likeness (QED) is 0.920. The molecular formula is C16H21N3O2. The van der Waals surface area contributed by atoms with Crippen LogP contribution in [0.3, 0.4) is 0 Å². The van der Waals surface area contributed by atoms with Crippen molar-refractivity contribution in [3.8, 4) is 5.75 Å². The van der Waals surface area contributed by atoms with Gasteiger partial charge in [-0.15, -0.1) is 0 Å². The molecule has 0 fully saturated rings. The molecule has 2 rings (SSSR count). The number of aryl methyl sites for hydroxylation is 2. The fourth-order valence-corrected chi connectivity index (χ4v) is 2.22. The zero-order chi connectivity index (χ0) is 15.4. The molecule has 1 aromatic carbocycles. The Kier molecular flexibility index (Phi) is 4.62. The smallest absolute Gasteiger partial charge is 0.251 e. The Labute approximate surface area is 124 Å². The van der Waals surface area contributed by atoms with E-state index < -0.39 is 0 Å². The van der Waals surface area contributed by atoms with E-state index in [4.69, 9.17) is 4.74 Å². The molecule has 0 aliphatic rings. The highest BCUT2D eigenvalue weighted by molar-refractivity contribution is 5.94. The number of methoxy groups -OCH3 is 1. The predicted octanol–water partition coefficient (Wildman–Crippen LogP) is 2.71. The second kappa shape index (κ2) is 6.43. The average Bonchev–Trinajstić information content (AvgIpc) is 2.88. The molecule has 0 spiro atoms. The summed E-state index contributed by atoms with van der Waals surface area (Å²) in [5, 5.41) is 7.40. The van der Waals surface area contributed by atoms with Crippen LogP contribution in [-0.4, -0.2) is 22.8 Å². The van der Waals surface area contributed by atoms with Crippen molar-refractivity contribution in [2.24, 2.45) is 0 Å². The maximum atomic E-state index is 12.2. The zero-order valence-corrected chi connectivity index (χ0v) is 12.9. The Morgan fingerprint density at radius 1 is 1.38 bits per heavy atom. The molecule has 2 aromatic rings. The first-order valence-electron chi connectivity index (χ1n) is 7.04. The number of nitrogens with zero attached hydrogens (tertiary/aromatic N) is 2. The number of carbonyl (C=O) groups excluding carboxylic acids is 1. The van der Waals surface area contributed by atoms with Gasteiger partial charge in [-0.3, -0.25) is 9.48 Å². The number of rotatable bonds is 5. The highest BCUT2D eigenvalue weighted by atomic mass is 16.5. The highest BCUT2D eigenvalue weighted by Crippen LogP contribution is 2.17. The molecule has 0 aliphatic carbocycles. The molecule has 1 N–H and O–H groups in total. The molecule has 0 saturated carbocycles. The van der Waals surface area contributed by atoms with E-state index in [0.717, 1.165) is 23.6 Å². The van der Waals surface area contributed by atoms with Gasteiger partial charge in [-0.25, -0.2) is 0 Å². The Balaban J connectivity index is 2.08. The molecule has 5 heteroatoms. The van der Waals surface area contributed by atoms with Gasteiger partial charge in [0.05, 0.1) is 18.8 Å². The normalized spacial score (nSPS) is 12.0. The minimum Gasteiger partial charge on any atom is -0.497 e. The van der Waals surface area contributed by atoms with E-state index in [2.05, 4.69) is 10.4 Å². The maximum Gasteiger partial charge on any atom is 0.251 e. The number of amides is 1. The molecule has 0 radical (unpaired) electrons. The van der Waals surface area contributed by atoms with E-state index in [-0.39, 0.29) is 11.9 Å². The molecule has 1 amide bonds. The molecular weight excluding hydrogens is 266 g/mol. The van der Waals surface area contributed by atoms with Crippen molar-refractivity contribution in [2.75, 3.05) is 7.11 Å². The third-order valence-electron chi connectivity index (χ3n) is 3.47. The summed E-state index contributed by atoms with van der Waals surface area (Å²) in [4.78, 5) is 12.2. The monoisotopic (exact) mass is 287 g/mol. The van der Waals surface area contributed by atoms with E-state index in [1.54, 1.807) is 31.4 Å². The third kappa shape index (κ3) is 3.42. The average molecular weight is 287 g/mol. The van der Waals surface area contributed by atoms with Crippen molar-refractivity contribution in [1.82, 2.24) is 15.1 Å². The number of benzene rings is 1. The van der Waals surface area contributed by atoms with Crippen LogP contribution in [0.15, 0.2) is 30.5 Å². The minimum absolute atomic E-state index is 0.0834. The van der Waals surface area contributed by atoms with Crippen LogP contribution in [-0.2, 0) is 6.54 Å². The largest absolute Gasteiger partial charge is 0.497 e. The first kappa shape index (κ1) is 15.1. The van der Waals surface area contributed by atoms with Crippen molar-refractivity contribution < 1.29 is 9.53 Å². The summed E-state index contributed by atoms with van der Waals surface area (Å²) in [6.45, 7) is 6.78. The molecule has 1 heterocycles. The fourth-order valence-electron chi connectivity index (χ4n) is 2.22. The molecule has 5 nitrogen and oxygen atoms in total. The molecule has 21 heavy (non-hydrogen) atoms. The number of aromatic nitrogens is 2. The van der Waals surface area contributed by atoms with Gasteiger partial charge in [-0.2, -0.15) is 5.10 Å². The van der Waals surface area contributed by atoms with E-state index in [1.165, 1.54) is 0 Å². The van der Waals surface area contributed by atoms with Gasteiger partial charge in [0.15, 0.2) is 0 Å². The lowest BCUT2D eigenvalue weighted by atomic mass is 10.1. The van der Waals surface area contributed by atoms with Gasteiger partial charge < -0.3 is 10.1 Å². The fraction of sp³-hybridized carbons (Fsp3) is 0.375. The maximum absolute atomic E-state index is 12.2. The molecule has 1 unspecified atom stereocenters. The van der Waals surface area contributed by atoms with Crippen LogP contribution < -0.4 is 10.1 Å². The van der Waals surface area contributed by atoms with Gasteiger partial charge in [-0.1, -0.05) is 0 Å². The molecule has 1 aromatic heterocycles. The van der Waals surface area contributed by atoms with Crippen molar-refractivity contribution in [1.29, 1.82) is 0 Å². The number of ether oxygens (including phenoxy) is 1. The lowest BCUT2D eigenvalue weighted by molar-refractivity contribution is 0.0940. The first-order chi connectivity index (χ1) is 10.0. The second-order valence-corrected chi connectivity index (χ2v) is 4.95. The van der Waals surface area contributed by atoms with Gasteiger partial charge in [-0.05, 0) is 45.0 Å². The summed E-state index contributed by atoms with van der Waals surface area (Å²) in [5.74, 6) is 0.633. The Bertz CT molecular complexity index is 617. The highest BCUT2D eigenvalue weighted by Gasteiger charge is 2.15. The van der Waals surface area contributed by atoms with Crippen molar-refractivity contribution in [3.05, 3.63) is 47.3 Å². The van der Waals surface area contributed by atoms with Crippen LogP contribution in [0.4, 0.5) is 0 Å². The Morgan fingerprint density at radius 3 is 2.57 bits per heavy atom. The van der Waals surface area contributed by atoms with Crippen LogP contribution >= 0.6 is 0 Å². The summed E-state index contributed by atoms with van der Waals surface area (Å²) < 4.78 is 6.96. The first-order valence-corrected chi connectivity index (χ1v) is 7.04. The Hall–Kier alpha value is -2.30. The predicted molar refractivity (Wildman–Crippen MR) is 81.5 cm³/mol. The standard InChI is InChI=1S/C16H21N3O2/c1-5-19-10-15(12(3)18-19)11(2)17-16(20)13-6-8-14(21-4)9-7-13/h6-11H,5H2,1-4H3,(H,17,20). The molecule has 0 aliphatic heterocycles. The lowest BCUT2D eigenvalue weighted by Gasteiger charge is -2.13.